The summed E-state index contributed by atoms with van der Waals surface area (Å²) in [5.74, 6) is -0.511. The largest absolute Gasteiger partial charge is 0.461 e. The summed E-state index contributed by atoms with van der Waals surface area (Å²) in [5.41, 5.74) is -1.07. The van der Waals surface area contributed by atoms with Crippen molar-refractivity contribution in [3.63, 3.8) is 0 Å². The van der Waals surface area contributed by atoms with Crippen LogP contribution < -0.4 is 0 Å². The maximum atomic E-state index is 12.0. The van der Waals surface area contributed by atoms with E-state index < -0.39 is 11.5 Å². The summed E-state index contributed by atoms with van der Waals surface area (Å²) in [6.07, 6.45) is 2.56. The van der Waals surface area contributed by atoms with Gasteiger partial charge in [0.1, 0.15) is 0 Å². The normalized spacial score (nSPS) is 14.4. The van der Waals surface area contributed by atoms with Crippen LogP contribution in [0.3, 0.4) is 0 Å². The molecule has 92 valence electrons. The van der Waals surface area contributed by atoms with E-state index in [1.807, 2.05) is 20.8 Å². The number of aliphatic imine (C=N–C) groups is 1. The number of hydrogen-bond donors (Lipinski definition) is 0. The number of esters is 1. The summed E-state index contributed by atoms with van der Waals surface area (Å²) >= 11 is 0. The number of carbonyl (C=O) groups excluding carboxylic acids is 2. The lowest BCUT2D eigenvalue weighted by Crippen LogP contribution is -2.44. The molecule has 0 N–H and O–H groups in total. The third kappa shape index (κ3) is 3.46. The molecule has 0 bridgehead atoms. The first kappa shape index (κ1) is 14.8. The third-order valence-electron chi connectivity index (χ3n) is 2.53. The second-order valence-corrected chi connectivity index (χ2v) is 4.49. The van der Waals surface area contributed by atoms with Gasteiger partial charge in [-0.3, -0.25) is 0 Å². The summed E-state index contributed by atoms with van der Waals surface area (Å²) in [4.78, 5) is 26.2. The lowest BCUT2D eigenvalue weighted by Gasteiger charge is -2.30. The fourth-order valence-electron chi connectivity index (χ4n) is 1.64. The molecule has 0 aromatic heterocycles. The van der Waals surface area contributed by atoms with Crippen LogP contribution in [0.2, 0.25) is 0 Å². The quantitative estimate of drug-likeness (QED) is 0.398. The van der Waals surface area contributed by atoms with Crippen molar-refractivity contribution in [3.05, 3.63) is 0 Å². The van der Waals surface area contributed by atoms with Gasteiger partial charge >= 0.3 is 5.97 Å². The lowest BCUT2D eigenvalue weighted by atomic mass is 9.83. The fraction of sp³-hybridized carbons (Fsp3) is 0.833. The fourth-order valence-corrected chi connectivity index (χ4v) is 1.64. The Hall–Kier alpha value is -1.15. The molecule has 1 unspecified atom stereocenters. The molecule has 0 saturated heterocycles. The number of nitrogens with zero attached hydrogens (tertiary/aromatic N) is 1. The SMILES string of the molecule is CCCC(N=C=O)(C(=O)OC(C)C)C(C)C. The first-order valence-electron chi connectivity index (χ1n) is 5.70. The number of rotatable bonds is 6. The van der Waals surface area contributed by atoms with Gasteiger partial charge in [0.05, 0.1) is 6.10 Å². The van der Waals surface area contributed by atoms with Crippen molar-refractivity contribution in [2.45, 2.75) is 59.1 Å². The Morgan fingerprint density at radius 1 is 1.38 bits per heavy atom. The van der Waals surface area contributed by atoms with Crippen molar-refractivity contribution in [3.8, 4) is 0 Å². The Morgan fingerprint density at radius 3 is 2.25 bits per heavy atom. The molecule has 1 atom stereocenters. The Morgan fingerprint density at radius 2 is 1.94 bits per heavy atom. The predicted octanol–water partition coefficient (Wildman–Crippen LogP) is 2.47. The summed E-state index contributed by atoms with van der Waals surface area (Å²) in [5, 5.41) is 0. The summed E-state index contributed by atoms with van der Waals surface area (Å²) in [7, 11) is 0. The summed E-state index contributed by atoms with van der Waals surface area (Å²) in [6.45, 7) is 9.22. The number of carbonyl (C=O) groups is 1. The molecular weight excluding hydrogens is 206 g/mol. The van der Waals surface area contributed by atoms with Gasteiger partial charge < -0.3 is 4.74 Å². The van der Waals surface area contributed by atoms with Crippen molar-refractivity contribution >= 4 is 12.0 Å². The van der Waals surface area contributed by atoms with Gasteiger partial charge in [-0.1, -0.05) is 27.2 Å². The molecule has 0 fully saturated rings. The minimum absolute atomic E-state index is 0.0832. The van der Waals surface area contributed by atoms with Gasteiger partial charge in [-0.2, -0.15) is 4.99 Å². The van der Waals surface area contributed by atoms with Crippen LogP contribution in [0.5, 0.6) is 0 Å². The molecule has 0 rings (SSSR count). The molecular formula is C12H21NO3. The second kappa shape index (κ2) is 6.44. The molecule has 4 heteroatoms. The highest BCUT2D eigenvalue weighted by atomic mass is 16.5. The van der Waals surface area contributed by atoms with Crippen LogP contribution in [0.25, 0.3) is 0 Å². The molecule has 0 aliphatic rings. The zero-order chi connectivity index (χ0) is 12.8. The van der Waals surface area contributed by atoms with E-state index in [2.05, 4.69) is 4.99 Å². The lowest BCUT2D eigenvalue weighted by molar-refractivity contribution is -0.156. The molecule has 0 amide bonds. The van der Waals surface area contributed by atoms with E-state index in [0.29, 0.717) is 6.42 Å². The van der Waals surface area contributed by atoms with Gasteiger partial charge in [0, 0.05) is 0 Å². The molecule has 0 aromatic rings. The smallest absolute Gasteiger partial charge is 0.335 e. The maximum absolute atomic E-state index is 12.0. The highest BCUT2D eigenvalue weighted by Gasteiger charge is 2.42. The Labute approximate surface area is 97.1 Å². The number of isocyanates is 1. The Kier molecular flexibility index (Phi) is 5.97. The minimum atomic E-state index is -1.07. The van der Waals surface area contributed by atoms with Crippen LogP contribution in [0.1, 0.15) is 47.5 Å². The first-order valence-corrected chi connectivity index (χ1v) is 5.70. The Bertz CT molecular complexity index is 280. The molecule has 0 saturated carbocycles. The van der Waals surface area contributed by atoms with E-state index in [4.69, 9.17) is 4.74 Å². The zero-order valence-corrected chi connectivity index (χ0v) is 10.7. The standard InChI is InChI=1S/C12H21NO3/c1-6-7-12(9(2)3,13-8-14)11(15)16-10(4)5/h9-10H,6-7H2,1-5H3. The molecule has 0 aliphatic heterocycles. The van der Waals surface area contributed by atoms with Gasteiger partial charge in [-0.25, -0.2) is 9.59 Å². The summed E-state index contributed by atoms with van der Waals surface area (Å²) < 4.78 is 5.17. The Balaban J connectivity index is 5.16. The van der Waals surface area contributed by atoms with E-state index in [9.17, 15) is 9.59 Å². The van der Waals surface area contributed by atoms with Gasteiger partial charge in [0.2, 0.25) is 6.08 Å². The van der Waals surface area contributed by atoms with Crippen LogP contribution in [0.4, 0.5) is 0 Å². The van der Waals surface area contributed by atoms with Gasteiger partial charge in [-0.15, -0.1) is 0 Å². The zero-order valence-electron chi connectivity index (χ0n) is 10.7. The maximum Gasteiger partial charge on any atom is 0.335 e. The third-order valence-corrected chi connectivity index (χ3v) is 2.53. The first-order chi connectivity index (χ1) is 7.40. The highest BCUT2D eigenvalue weighted by molar-refractivity contribution is 5.82. The van der Waals surface area contributed by atoms with Gasteiger partial charge in [0.15, 0.2) is 5.54 Å². The predicted molar refractivity (Wildman–Crippen MR) is 61.8 cm³/mol. The van der Waals surface area contributed by atoms with Crippen molar-refractivity contribution in [1.29, 1.82) is 0 Å². The molecule has 0 aromatic carbocycles. The molecule has 0 spiro atoms. The molecule has 0 aliphatic carbocycles. The van der Waals surface area contributed by atoms with E-state index in [1.165, 1.54) is 6.08 Å². The molecule has 0 radical (unpaired) electrons. The number of hydrogen-bond acceptors (Lipinski definition) is 4. The van der Waals surface area contributed by atoms with E-state index >= 15 is 0 Å². The van der Waals surface area contributed by atoms with Crippen molar-refractivity contribution < 1.29 is 14.3 Å². The highest BCUT2D eigenvalue weighted by Crippen LogP contribution is 2.29. The van der Waals surface area contributed by atoms with Crippen molar-refractivity contribution in [1.82, 2.24) is 0 Å². The molecule has 4 nitrogen and oxygen atoms in total. The van der Waals surface area contributed by atoms with Crippen LogP contribution in [0, 0.1) is 5.92 Å². The monoisotopic (exact) mass is 227 g/mol. The van der Waals surface area contributed by atoms with Crippen LogP contribution in [0.15, 0.2) is 4.99 Å². The van der Waals surface area contributed by atoms with Gasteiger partial charge in [0.25, 0.3) is 0 Å². The average Bonchev–Trinajstić information content (AvgIpc) is 2.15. The number of ether oxygens (including phenoxy) is 1. The van der Waals surface area contributed by atoms with Crippen LogP contribution >= 0.6 is 0 Å². The van der Waals surface area contributed by atoms with Crippen LogP contribution in [-0.2, 0) is 14.3 Å². The van der Waals surface area contributed by atoms with E-state index in [-0.39, 0.29) is 12.0 Å². The minimum Gasteiger partial charge on any atom is -0.461 e. The molecule has 16 heavy (non-hydrogen) atoms. The van der Waals surface area contributed by atoms with E-state index in [1.54, 1.807) is 13.8 Å². The summed E-state index contributed by atoms with van der Waals surface area (Å²) in [6, 6.07) is 0. The second-order valence-electron chi connectivity index (χ2n) is 4.49. The topological polar surface area (TPSA) is 55.7 Å². The average molecular weight is 227 g/mol. The van der Waals surface area contributed by atoms with E-state index in [0.717, 1.165) is 6.42 Å². The van der Waals surface area contributed by atoms with Crippen LogP contribution in [-0.4, -0.2) is 23.7 Å². The molecule has 0 heterocycles. The van der Waals surface area contributed by atoms with Crippen molar-refractivity contribution in [2.24, 2.45) is 10.9 Å². The van der Waals surface area contributed by atoms with Crippen molar-refractivity contribution in [2.75, 3.05) is 0 Å². The van der Waals surface area contributed by atoms with Gasteiger partial charge in [-0.05, 0) is 26.2 Å².